The van der Waals surface area contributed by atoms with E-state index in [1.807, 2.05) is 18.7 Å². The van der Waals surface area contributed by atoms with Crippen LogP contribution in [0.1, 0.15) is 58.7 Å². The molecule has 0 fully saturated rings. The smallest absolute Gasteiger partial charge is 0.0743 e. The summed E-state index contributed by atoms with van der Waals surface area (Å²) in [4.78, 5) is 0. The number of nitrogens with one attached hydrogen (secondary N) is 1. The highest BCUT2D eigenvalue weighted by molar-refractivity contribution is 5.23. The maximum Gasteiger partial charge on any atom is 0.0743 e. The predicted molar refractivity (Wildman–Crippen MR) is 79.1 cm³/mol. The molecule has 0 bridgehead atoms. The van der Waals surface area contributed by atoms with Crippen LogP contribution in [0.4, 0.5) is 0 Å². The summed E-state index contributed by atoms with van der Waals surface area (Å²) < 4.78 is 1.86. The van der Waals surface area contributed by atoms with Crippen molar-refractivity contribution in [2.75, 3.05) is 6.54 Å². The van der Waals surface area contributed by atoms with Crippen molar-refractivity contribution in [3.8, 4) is 0 Å². The first kappa shape index (κ1) is 16.2. The lowest BCUT2D eigenvalue weighted by Gasteiger charge is -2.23. The van der Waals surface area contributed by atoms with Crippen LogP contribution in [-0.4, -0.2) is 27.0 Å². The van der Waals surface area contributed by atoms with Gasteiger partial charge in [-0.15, -0.1) is 0 Å². The highest BCUT2D eigenvalue weighted by Crippen LogP contribution is 2.24. The normalized spacial score (nSPS) is 15.5. The minimum atomic E-state index is -0.626. The average molecular weight is 267 g/mol. The van der Waals surface area contributed by atoms with Crippen LogP contribution in [0.5, 0.6) is 0 Å². The molecule has 19 heavy (non-hydrogen) atoms. The number of hydrogen-bond acceptors (Lipinski definition) is 3. The lowest BCUT2D eigenvalue weighted by molar-refractivity contribution is 0.0498. The topological polar surface area (TPSA) is 50.1 Å². The Balaban J connectivity index is 2.64. The molecule has 0 spiro atoms. The van der Waals surface area contributed by atoms with Gasteiger partial charge >= 0.3 is 0 Å². The second-order valence-electron chi connectivity index (χ2n) is 6.78. The van der Waals surface area contributed by atoms with Gasteiger partial charge in [0.1, 0.15) is 0 Å². The van der Waals surface area contributed by atoms with Crippen molar-refractivity contribution in [1.82, 2.24) is 15.1 Å². The zero-order valence-electron chi connectivity index (χ0n) is 13.2. The first-order valence-electron chi connectivity index (χ1n) is 7.12. The standard InChI is InChI=1S/C15H29N3O/c1-7-8-15(5,19)11-16-9-12-10-18(6)17-13(12)14(2,3)4/h10,16,19H,7-9,11H2,1-6H3. The molecule has 0 radical (unpaired) electrons. The molecule has 4 heteroatoms. The number of hydrogen-bond donors (Lipinski definition) is 2. The molecular weight excluding hydrogens is 238 g/mol. The summed E-state index contributed by atoms with van der Waals surface area (Å²) in [5, 5.41) is 18.0. The van der Waals surface area contributed by atoms with E-state index in [2.05, 4.69) is 44.3 Å². The molecule has 110 valence electrons. The third-order valence-electron chi connectivity index (χ3n) is 3.22. The van der Waals surface area contributed by atoms with E-state index in [0.29, 0.717) is 6.54 Å². The van der Waals surface area contributed by atoms with Crippen LogP contribution in [0.3, 0.4) is 0 Å². The van der Waals surface area contributed by atoms with Crippen molar-refractivity contribution in [2.24, 2.45) is 7.05 Å². The number of aromatic nitrogens is 2. The zero-order valence-corrected chi connectivity index (χ0v) is 13.2. The number of aryl methyl sites for hydroxylation is 1. The van der Waals surface area contributed by atoms with E-state index in [1.54, 1.807) is 0 Å². The van der Waals surface area contributed by atoms with E-state index < -0.39 is 5.60 Å². The third-order valence-corrected chi connectivity index (χ3v) is 3.22. The molecular formula is C15H29N3O. The molecule has 1 aromatic heterocycles. The Labute approximate surface area is 117 Å². The molecule has 2 N–H and O–H groups in total. The Morgan fingerprint density at radius 2 is 1.95 bits per heavy atom. The van der Waals surface area contributed by atoms with Gasteiger partial charge < -0.3 is 10.4 Å². The van der Waals surface area contributed by atoms with Gasteiger partial charge in [0.25, 0.3) is 0 Å². The second-order valence-corrected chi connectivity index (χ2v) is 6.78. The molecule has 1 rings (SSSR count). The van der Waals surface area contributed by atoms with E-state index in [4.69, 9.17) is 0 Å². The van der Waals surface area contributed by atoms with Gasteiger partial charge in [-0.05, 0) is 13.3 Å². The molecule has 1 heterocycles. The third kappa shape index (κ3) is 4.96. The Hall–Kier alpha value is -0.870. The molecule has 0 aliphatic carbocycles. The van der Waals surface area contributed by atoms with Crippen LogP contribution in [0, 0.1) is 0 Å². The Bertz CT molecular complexity index is 402. The summed E-state index contributed by atoms with van der Waals surface area (Å²) in [7, 11) is 1.95. The van der Waals surface area contributed by atoms with Crippen LogP contribution in [0.15, 0.2) is 6.20 Å². The van der Waals surface area contributed by atoms with Gasteiger partial charge in [-0.2, -0.15) is 5.10 Å². The van der Waals surface area contributed by atoms with Crippen molar-refractivity contribution >= 4 is 0 Å². The fourth-order valence-corrected chi connectivity index (χ4v) is 2.39. The van der Waals surface area contributed by atoms with Crippen LogP contribution in [0.2, 0.25) is 0 Å². The maximum atomic E-state index is 10.1. The average Bonchev–Trinajstić information content (AvgIpc) is 2.58. The van der Waals surface area contributed by atoms with Gasteiger partial charge in [0.15, 0.2) is 0 Å². The van der Waals surface area contributed by atoms with Crippen molar-refractivity contribution in [1.29, 1.82) is 0 Å². The van der Waals surface area contributed by atoms with Crippen molar-refractivity contribution in [2.45, 2.75) is 65.0 Å². The monoisotopic (exact) mass is 267 g/mol. The molecule has 0 aliphatic heterocycles. The van der Waals surface area contributed by atoms with Crippen LogP contribution >= 0.6 is 0 Å². The van der Waals surface area contributed by atoms with Gasteiger partial charge in [-0.1, -0.05) is 34.1 Å². The number of nitrogens with zero attached hydrogens (tertiary/aromatic N) is 2. The van der Waals surface area contributed by atoms with E-state index in [-0.39, 0.29) is 5.41 Å². The zero-order chi connectivity index (χ0) is 14.7. The summed E-state index contributed by atoms with van der Waals surface area (Å²) in [5.74, 6) is 0. The number of rotatable bonds is 6. The molecule has 0 aromatic carbocycles. The largest absolute Gasteiger partial charge is 0.389 e. The van der Waals surface area contributed by atoms with Crippen LogP contribution in [-0.2, 0) is 19.0 Å². The van der Waals surface area contributed by atoms with E-state index in [0.717, 1.165) is 25.1 Å². The summed E-state index contributed by atoms with van der Waals surface area (Å²) in [6.07, 6.45) is 3.87. The highest BCUT2D eigenvalue weighted by atomic mass is 16.3. The van der Waals surface area contributed by atoms with Gasteiger partial charge in [0, 0.05) is 37.3 Å². The summed E-state index contributed by atoms with van der Waals surface area (Å²) in [6.45, 7) is 11.9. The van der Waals surface area contributed by atoms with Gasteiger partial charge in [-0.25, -0.2) is 0 Å². The predicted octanol–water partition coefficient (Wildman–Crippen LogP) is 2.36. The Morgan fingerprint density at radius 3 is 2.47 bits per heavy atom. The van der Waals surface area contributed by atoms with E-state index in [1.165, 1.54) is 5.56 Å². The second kappa shape index (κ2) is 6.06. The molecule has 4 nitrogen and oxygen atoms in total. The summed E-state index contributed by atoms with van der Waals surface area (Å²) in [6, 6.07) is 0. The fourth-order valence-electron chi connectivity index (χ4n) is 2.39. The van der Waals surface area contributed by atoms with Crippen LogP contribution in [0.25, 0.3) is 0 Å². The highest BCUT2D eigenvalue weighted by Gasteiger charge is 2.23. The quantitative estimate of drug-likeness (QED) is 0.832. The SMILES string of the molecule is CCCC(C)(O)CNCc1cn(C)nc1C(C)(C)C. The van der Waals surface area contributed by atoms with Crippen molar-refractivity contribution in [3.63, 3.8) is 0 Å². The maximum absolute atomic E-state index is 10.1. The van der Waals surface area contributed by atoms with E-state index in [9.17, 15) is 5.11 Å². The molecule has 0 aliphatic rings. The number of aliphatic hydroxyl groups is 1. The lowest BCUT2D eigenvalue weighted by Crippen LogP contribution is -2.37. The molecule has 0 saturated carbocycles. The molecule has 1 aromatic rings. The summed E-state index contributed by atoms with van der Waals surface area (Å²) in [5.41, 5.74) is 1.75. The van der Waals surface area contributed by atoms with E-state index >= 15 is 0 Å². The van der Waals surface area contributed by atoms with Crippen molar-refractivity contribution < 1.29 is 5.11 Å². The minimum absolute atomic E-state index is 0.0458. The van der Waals surface area contributed by atoms with Gasteiger partial charge in [0.2, 0.25) is 0 Å². The molecule has 0 saturated heterocycles. The minimum Gasteiger partial charge on any atom is -0.389 e. The lowest BCUT2D eigenvalue weighted by atomic mass is 9.89. The summed E-state index contributed by atoms with van der Waals surface area (Å²) >= 11 is 0. The van der Waals surface area contributed by atoms with Crippen molar-refractivity contribution in [3.05, 3.63) is 17.5 Å². The Kier molecular flexibility index (Phi) is 5.16. The van der Waals surface area contributed by atoms with Crippen LogP contribution < -0.4 is 5.32 Å². The first-order chi connectivity index (χ1) is 8.65. The first-order valence-corrected chi connectivity index (χ1v) is 7.12. The molecule has 1 unspecified atom stereocenters. The molecule has 1 atom stereocenters. The van der Waals surface area contributed by atoms with Gasteiger partial charge in [0.05, 0.1) is 11.3 Å². The molecule has 0 amide bonds. The Morgan fingerprint density at radius 1 is 1.32 bits per heavy atom. The fraction of sp³-hybridized carbons (Fsp3) is 0.800. The van der Waals surface area contributed by atoms with Gasteiger partial charge in [-0.3, -0.25) is 4.68 Å².